The monoisotopic (exact) mass is 330 g/mol. The first-order valence-electron chi connectivity index (χ1n) is 8.43. The van der Waals surface area contributed by atoms with Gasteiger partial charge in [-0.05, 0) is 50.3 Å². The Morgan fingerprint density at radius 2 is 1.96 bits per heavy atom. The van der Waals surface area contributed by atoms with E-state index in [0.717, 1.165) is 42.1 Å². The van der Waals surface area contributed by atoms with Crippen molar-refractivity contribution in [1.29, 1.82) is 0 Å². The van der Waals surface area contributed by atoms with E-state index in [9.17, 15) is 4.79 Å². The summed E-state index contributed by atoms with van der Waals surface area (Å²) in [6.07, 6.45) is 6.74. The normalized spacial score (nSPS) is 10.9. The number of carbonyl (C=O) groups is 1. The van der Waals surface area contributed by atoms with Gasteiger partial charge < -0.3 is 5.32 Å². The fourth-order valence-electron chi connectivity index (χ4n) is 2.58. The molecule has 0 saturated carbocycles. The molecule has 0 aliphatic rings. The molecule has 2 rings (SSSR count). The summed E-state index contributed by atoms with van der Waals surface area (Å²) in [5.74, 6) is 0. The number of aldehydes is 1. The second-order valence-corrected chi connectivity index (χ2v) is 7.16. The van der Waals surface area contributed by atoms with E-state index in [4.69, 9.17) is 0 Å². The fourth-order valence-corrected chi connectivity index (χ4v) is 3.45. The van der Waals surface area contributed by atoms with Gasteiger partial charge in [-0.25, -0.2) is 4.98 Å². The van der Waals surface area contributed by atoms with E-state index in [0.29, 0.717) is 5.69 Å². The first-order valence-corrected chi connectivity index (χ1v) is 9.24. The minimum atomic E-state index is 0.579. The topological polar surface area (TPSA) is 42.0 Å². The van der Waals surface area contributed by atoms with Crippen molar-refractivity contribution in [3.05, 3.63) is 51.0 Å². The lowest BCUT2D eigenvalue weighted by atomic mass is 10.0. The Balaban J connectivity index is 1.69. The largest absolute Gasteiger partial charge is 0.310 e. The van der Waals surface area contributed by atoms with Crippen molar-refractivity contribution in [3.63, 3.8) is 0 Å². The van der Waals surface area contributed by atoms with Crippen LogP contribution in [-0.2, 0) is 19.4 Å². The van der Waals surface area contributed by atoms with Gasteiger partial charge in [0.25, 0.3) is 0 Å². The zero-order chi connectivity index (χ0) is 16.5. The summed E-state index contributed by atoms with van der Waals surface area (Å²) in [6, 6.07) is 8.96. The van der Waals surface area contributed by atoms with Crippen LogP contribution >= 0.6 is 11.3 Å². The lowest BCUT2D eigenvalue weighted by Crippen LogP contribution is -2.15. The molecular formula is C19H26N2OS. The van der Waals surface area contributed by atoms with Crippen LogP contribution in [0.25, 0.3) is 0 Å². The van der Waals surface area contributed by atoms with Gasteiger partial charge in [-0.15, -0.1) is 11.3 Å². The maximum Gasteiger partial charge on any atom is 0.169 e. The minimum absolute atomic E-state index is 0.579. The van der Waals surface area contributed by atoms with Crippen molar-refractivity contribution in [2.75, 3.05) is 6.54 Å². The first kappa shape index (κ1) is 17.8. The summed E-state index contributed by atoms with van der Waals surface area (Å²) < 4.78 is 0. The van der Waals surface area contributed by atoms with E-state index in [-0.39, 0.29) is 0 Å². The zero-order valence-corrected chi connectivity index (χ0v) is 14.9. The fraction of sp³-hybridized carbons (Fsp3) is 0.474. The van der Waals surface area contributed by atoms with Crippen LogP contribution < -0.4 is 5.32 Å². The van der Waals surface area contributed by atoms with Gasteiger partial charge >= 0.3 is 0 Å². The Labute approximate surface area is 143 Å². The van der Waals surface area contributed by atoms with Gasteiger partial charge in [0.1, 0.15) is 10.7 Å². The van der Waals surface area contributed by atoms with Gasteiger partial charge in [-0.1, -0.05) is 37.6 Å². The third kappa shape index (κ3) is 5.88. The molecule has 0 atom stereocenters. The van der Waals surface area contributed by atoms with E-state index in [1.165, 1.54) is 30.4 Å². The number of aromatic nitrogens is 1. The average molecular weight is 330 g/mol. The Morgan fingerprint density at radius 3 is 2.61 bits per heavy atom. The molecule has 0 bridgehead atoms. The highest BCUT2D eigenvalue weighted by Crippen LogP contribution is 2.15. The molecule has 1 heterocycles. The lowest BCUT2D eigenvalue weighted by Gasteiger charge is -2.06. The number of hydrogen-bond donors (Lipinski definition) is 1. The number of nitrogens with zero attached hydrogens (tertiary/aromatic N) is 1. The summed E-state index contributed by atoms with van der Waals surface area (Å²) in [7, 11) is 0. The van der Waals surface area contributed by atoms with E-state index < -0.39 is 0 Å². The van der Waals surface area contributed by atoms with Gasteiger partial charge in [0.2, 0.25) is 0 Å². The summed E-state index contributed by atoms with van der Waals surface area (Å²) in [5.41, 5.74) is 3.46. The Morgan fingerprint density at radius 1 is 1.22 bits per heavy atom. The maximum atomic E-state index is 10.8. The lowest BCUT2D eigenvalue weighted by molar-refractivity contribution is 0.111. The predicted molar refractivity (Wildman–Crippen MR) is 97.3 cm³/mol. The molecule has 0 saturated heterocycles. The van der Waals surface area contributed by atoms with Crippen LogP contribution in [0.5, 0.6) is 0 Å². The van der Waals surface area contributed by atoms with Crippen molar-refractivity contribution < 1.29 is 4.79 Å². The predicted octanol–water partition coefficient (Wildman–Crippen LogP) is 4.33. The number of hydrogen-bond acceptors (Lipinski definition) is 4. The first-order chi connectivity index (χ1) is 11.2. The van der Waals surface area contributed by atoms with Crippen LogP contribution in [0.2, 0.25) is 0 Å². The molecule has 1 aromatic carbocycles. The van der Waals surface area contributed by atoms with E-state index >= 15 is 0 Å². The Hall–Kier alpha value is -1.52. The van der Waals surface area contributed by atoms with E-state index in [1.807, 2.05) is 6.92 Å². The van der Waals surface area contributed by atoms with Crippen molar-refractivity contribution >= 4 is 17.6 Å². The minimum Gasteiger partial charge on any atom is -0.310 e. The number of unbranched alkanes of at least 4 members (excludes halogenated alkanes) is 1. The van der Waals surface area contributed by atoms with Crippen LogP contribution in [0.4, 0.5) is 0 Å². The summed E-state index contributed by atoms with van der Waals surface area (Å²) in [6.45, 7) is 5.89. The maximum absolute atomic E-state index is 10.8. The molecule has 0 aliphatic heterocycles. The number of benzene rings is 1. The van der Waals surface area contributed by atoms with Gasteiger partial charge in [-0.3, -0.25) is 4.79 Å². The molecule has 0 unspecified atom stereocenters. The zero-order valence-electron chi connectivity index (χ0n) is 14.1. The summed E-state index contributed by atoms with van der Waals surface area (Å²) >= 11 is 1.60. The molecule has 3 nitrogen and oxygen atoms in total. The smallest absolute Gasteiger partial charge is 0.169 e. The molecule has 0 radical (unpaired) electrons. The standard InChI is InChI=1S/C19H26N2OS/c1-3-4-7-16-8-5-9-17(12-16)10-6-11-20-13-19-21-18(14-22)15(2)23-19/h5,8-9,12,14,20H,3-4,6-7,10-11,13H2,1-2H3. The average Bonchev–Trinajstić information content (AvgIpc) is 2.93. The Kier molecular flexibility index (Phi) is 7.43. The third-order valence-electron chi connectivity index (χ3n) is 3.89. The molecule has 0 spiro atoms. The quantitative estimate of drug-likeness (QED) is 0.521. The molecule has 23 heavy (non-hydrogen) atoms. The molecule has 1 N–H and O–H groups in total. The highest BCUT2D eigenvalue weighted by Gasteiger charge is 2.05. The van der Waals surface area contributed by atoms with Crippen molar-refractivity contribution in [1.82, 2.24) is 10.3 Å². The molecule has 124 valence electrons. The highest BCUT2D eigenvalue weighted by molar-refractivity contribution is 7.11. The van der Waals surface area contributed by atoms with Crippen LogP contribution in [0.3, 0.4) is 0 Å². The van der Waals surface area contributed by atoms with Crippen molar-refractivity contribution in [3.8, 4) is 0 Å². The van der Waals surface area contributed by atoms with Gasteiger partial charge in [0.05, 0.1) is 0 Å². The highest BCUT2D eigenvalue weighted by atomic mass is 32.1. The summed E-state index contributed by atoms with van der Waals surface area (Å²) in [5, 5.41) is 4.41. The number of nitrogens with one attached hydrogen (secondary N) is 1. The second kappa shape index (κ2) is 9.58. The Bertz CT molecular complexity index is 622. The molecule has 0 fully saturated rings. The van der Waals surface area contributed by atoms with Crippen LogP contribution in [0, 0.1) is 6.92 Å². The third-order valence-corrected chi connectivity index (χ3v) is 4.88. The number of aryl methyl sites for hydroxylation is 3. The van der Waals surface area contributed by atoms with Gasteiger partial charge in [0, 0.05) is 11.4 Å². The van der Waals surface area contributed by atoms with E-state index in [2.05, 4.69) is 41.5 Å². The molecule has 1 aromatic heterocycles. The van der Waals surface area contributed by atoms with Crippen LogP contribution in [0.15, 0.2) is 24.3 Å². The van der Waals surface area contributed by atoms with Crippen LogP contribution in [0.1, 0.15) is 57.7 Å². The van der Waals surface area contributed by atoms with Crippen molar-refractivity contribution in [2.45, 2.75) is 52.5 Å². The number of thiazole rings is 1. The molecule has 4 heteroatoms. The number of carbonyl (C=O) groups excluding carboxylic acids is 1. The van der Waals surface area contributed by atoms with E-state index in [1.54, 1.807) is 11.3 Å². The van der Waals surface area contributed by atoms with Crippen molar-refractivity contribution in [2.24, 2.45) is 0 Å². The van der Waals surface area contributed by atoms with Gasteiger partial charge in [-0.2, -0.15) is 0 Å². The molecular weight excluding hydrogens is 304 g/mol. The summed E-state index contributed by atoms with van der Waals surface area (Å²) in [4.78, 5) is 16.1. The second-order valence-electron chi connectivity index (χ2n) is 5.87. The molecule has 0 aliphatic carbocycles. The number of rotatable bonds is 10. The SMILES string of the molecule is CCCCc1cccc(CCCNCc2nc(C=O)c(C)s2)c1. The van der Waals surface area contributed by atoms with Crippen LogP contribution in [-0.4, -0.2) is 17.8 Å². The molecule has 2 aromatic rings. The van der Waals surface area contributed by atoms with Gasteiger partial charge in [0.15, 0.2) is 6.29 Å². The molecule has 0 amide bonds.